The van der Waals surface area contributed by atoms with Crippen LogP contribution in [0, 0.1) is 0 Å². The van der Waals surface area contributed by atoms with Crippen LogP contribution >= 0.6 is 0 Å². The lowest BCUT2D eigenvalue weighted by Gasteiger charge is -2.21. The predicted molar refractivity (Wildman–Crippen MR) is 60.0 cm³/mol. The highest BCUT2D eigenvalue weighted by Gasteiger charge is 2.02. The Morgan fingerprint density at radius 3 is 0.812 bits per heavy atom. The normalized spacial score (nSPS) is 10.5. The molecule has 0 fully saturated rings. The van der Waals surface area contributed by atoms with E-state index in [1.807, 2.05) is 0 Å². The zero-order valence-corrected chi connectivity index (χ0v) is 15.7. The van der Waals surface area contributed by atoms with E-state index in [1.165, 1.54) is 0 Å². The molecule has 0 saturated carbocycles. The second-order valence-corrected chi connectivity index (χ2v) is 5.48. The minimum absolute atomic E-state index is 0. The molecule has 16 heavy (non-hydrogen) atoms. The minimum Gasteiger partial charge on any atom is -1.00 e. The summed E-state index contributed by atoms with van der Waals surface area (Å²) >= 11 is 0. The van der Waals surface area contributed by atoms with Gasteiger partial charge in [0.2, 0.25) is 0 Å². The molecule has 0 aromatic rings. The van der Waals surface area contributed by atoms with Crippen LogP contribution in [-0.2, 0) is 0 Å². The molecule has 4 nitrogen and oxygen atoms in total. The molecule has 0 aromatic carbocycles. The van der Waals surface area contributed by atoms with Gasteiger partial charge in [0, 0.05) is 0 Å². The highest BCUT2D eigenvalue weighted by atomic mass is 127. The Balaban J connectivity index is -0.0000000800. The van der Waals surface area contributed by atoms with Gasteiger partial charge in [-0.05, 0) is 0 Å². The summed E-state index contributed by atoms with van der Waals surface area (Å²) in [6.45, 7) is 2.23. The van der Waals surface area contributed by atoms with Gasteiger partial charge in [-0.1, -0.05) is 0 Å². The second-order valence-electron chi connectivity index (χ2n) is 5.48. The van der Waals surface area contributed by atoms with Gasteiger partial charge in [-0.25, -0.2) is 0 Å². The summed E-state index contributed by atoms with van der Waals surface area (Å²) in [5.74, 6) is 0. The fraction of sp³-hybridized carbons (Fsp3) is 1.00. The van der Waals surface area contributed by atoms with E-state index in [0.29, 0.717) is 0 Å². The Morgan fingerprint density at radius 1 is 0.625 bits per heavy atom. The fourth-order valence-electron chi connectivity index (χ4n) is 0.600. The van der Waals surface area contributed by atoms with E-state index in [1.54, 1.807) is 0 Å². The molecule has 104 valence electrons. The standard InChI is InChI=1S/2C5H14NO.2HI/c2*1-6(2,3)4-5-7;;/h2*7H,4-5H2,1-3H3;2*1H/q2*+1;;/p-2. The smallest absolute Gasteiger partial charge is 0.101 e. The molecule has 0 aliphatic carbocycles. The van der Waals surface area contributed by atoms with E-state index < -0.39 is 0 Å². The number of likely N-dealkylation sites (N-methyl/N-ethyl adjacent to an activating group) is 2. The topological polar surface area (TPSA) is 40.5 Å². The third-order valence-electron chi connectivity index (χ3n) is 1.54. The Morgan fingerprint density at radius 2 is 0.812 bits per heavy atom. The van der Waals surface area contributed by atoms with Crippen molar-refractivity contribution >= 4 is 0 Å². The third kappa shape index (κ3) is 36.2. The van der Waals surface area contributed by atoms with Crippen LogP contribution in [0.5, 0.6) is 0 Å². The van der Waals surface area contributed by atoms with Gasteiger partial charge in [0.15, 0.2) is 0 Å². The first kappa shape index (κ1) is 26.0. The molecule has 0 heterocycles. The van der Waals surface area contributed by atoms with Crippen molar-refractivity contribution < 1.29 is 67.1 Å². The monoisotopic (exact) mass is 462 g/mol. The second kappa shape index (κ2) is 12.7. The van der Waals surface area contributed by atoms with Gasteiger partial charge in [0.05, 0.1) is 55.5 Å². The summed E-state index contributed by atoms with van der Waals surface area (Å²) in [6.07, 6.45) is 0. The average molecular weight is 462 g/mol. The molecule has 0 atom stereocenters. The largest absolute Gasteiger partial charge is 1.00 e. The van der Waals surface area contributed by atoms with Gasteiger partial charge >= 0.3 is 0 Å². The molecule has 0 aromatic heterocycles. The quantitative estimate of drug-likeness (QED) is 0.323. The van der Waals surface area contributed by atoms with Gasteiger partial charge in [0.1, 0.15) is 13.1 Å². The Hall–Kier alpha value is 1.30. The van der Waals surface area contributed by atoms with E-state index >= 15 is 0 Å². The molecule has 2 N–H and O–H groups in total. The maximum absolute atomic E-state index is 8.39. The van der Waals surface area contributed by atoms with Crippen LogP contribution in [0.15, 0.2) is 0 Å². The first-order chi connectivity index (χ1) is 6.12. The van der Waals surface area contributed by atoms with Crippen molar-refractivity contribution in [2.45, 2.75) is 0 Å². The Kier molecular flexibility index (Phi) is 20.7. The number of quaternary nitrogens is 2. The molecular formula is C10H28I2N2O2. The van der Waals surface area contributed by atoms with Gasteiger partial charge in [-0.15, -0.1) is 0 Å². The molecular weight excluding hydrogens is 434 g/mol. The first-order valence-corrected chi connectivity index (χ1v) is 4.95. The predicted octanol–water partition coefficient (Wildman–Crippen LogP) is -6.62. The summed E-state index contributed by atoms with van der Waals surface area (Å²) in [6, 6.07) is 0. The number of halogens is 2. The van der Waals surface area contributed by atoms with Crippen molar-refractivity contribution in [3.63, 3.8) is 0 Å². The summed E-state index contributed by atoms with van der Waals surface area (Å²) < 4.78 is 1.69. The maximum Gasteiger partial charge on any atom is 0.101 e. The Labute approximate surface area is 135 Å². The van der Waals surface area contributed by atoms with Crippen LogP contribution in [0.4, 0.5) is 0 Å². The van der Waals surface area contributed by atoms with E-state index in [9.17, 15) is 0 Å². The maximum atomic E-state index is 8.39. The van der Waals surface area contributed by atoms with Crippen molar-refractivity contribution in [2.24, 2.45) is 0 Å². The molecule has 6 heteroatoms. The van der Waals surface area contributed by atoms with Crippen LogP contribution in [0.3, 0.4) is 0 Å². The molecule has 0 spiro atoms. The fourth-order valence-corrected chi connectivity index (χ4v) is 0.600. The van der Waals surface area contributed by atoms with Gasteiger partial charge < -0.3 is 67.1 Å². The van der Waals surface area contributed by atoms with Crippen molar-refractivity contribution in [3.8, 4) is 0 Å². The van der Waals surface area contributed by atoms with E-state index in [-0.39, 0.29) is 61.2 Å². The van der Waals surface area contributed by atoms with Crippen molar-refractivity contribution in [1.82, 2.24) is 0 Å². The van der Waals surface area contributed by atoms with Crippen LogP contribution in [0.2, 0.25) is 0 Å². The van der Waals surface area contributed by atoms with Crippen molar-refractivity contribution in [3.05, 3.63) is 0 Å². The highest BCUT2D eigenvalue weighted by molar-refractivity contribution is 4.19. The molecule has 0 amide bonds. The zero-order valence-electron chi connectivity index (χ0n) is 11.4. The van der Waals surface area contributed by atoms with Crippen molar-refractivity contribution in [2.75, 3.05) is 68.6 Å². The van der Waals surface area contributed by atoms with Gasteiger partial charge in [0.25, 0.3) is 0 Å². The molecule has 0 bridgehead atoms. The summed E-state index contributed by atoms with van der Waals surface area (Å²) in [5, 5.41) is 16.8. The first-order valence-electron chi connectivity index (χ1n) is 4.95. The highest BCUT2D eigenvalue weighted by Crippen LogP contribution is 1.85. The molecule has 0 rings (SSSR count). The lowest BCUT2D eigenvalue weighted by atomic mass is 10.5. The van der Waals surface area contributed by atoms with Crippen LogP contribution in [-0.4, -0.2) is 87.8 Å². The number of nitrogens with zero attached hydrogens (tertiary/aromatic N) is 2. The number of rotatable bonds is 4. The number of hydrogen-bond acceptors (Lipinski definition) is 2. The summed E-state index contributed by atoms with van der Waals surface area (Å²) in [4.78, 5) is 0. The van der Waals surface area contributed by atoms with Crippen LogP contribution in [0.25, 0.3) is 0 Å². The molecule has 0 unspecified atom stereocenters. The van der Waals surface area contributed by atoms with Crippen molar-refractivity contribution in [1.29, 1.82) is 0 Å². The van der Waals surface area contributed by atoms with E-state index in [4.69, 9.17) is 10.2 Å². The average Bonchev–Trinajstić information content (AvgIpc) is 1.81. The zero-order chi connectivity index (χ0) is 11.8. The molecule has 0 radical (unpaired) electrons. The summed E-state index contributed by atoms with van der Waals surface area (Å²) in [7, 11) is 12.3. The molecule has 0 aliphatic heterocycles. The molecule has 0 saturated heterocycles. The lowest BCUT2D eigenvalue weighted by Crippen LogP contribution is -3.00. The number of aliphatic hydroxyl groups is 2. The summed E-state index contributed by atoms with van der Waals surface area (Å²) in [5.41, 5.74) is 0. The van der Waals surface area contributed by atoms with Gasteiger partial charge in [-0.2, -0.15) is 0 Å². The van der Waals surface area contributed by atoms with Crippen LogP contribution in [0.1, 0.15) is 0 Å². The minimum atomic E-state index is 0. The Bertz CT molecular complexity index is 118. The molecule has 0 aliphatic rings. The third-order valence-corrected chi connectivity index (χ3v) is 1.54. The van der Waals surface area contributed by atoms with Crippen LogP contribution < -0.4 is 48.0 Å². The number of aliphatic hydroxyl groups excluding tert-OH is 2. The number of hydrogen-bond donors (Lipinski definition) is 2. The van der Waals surface area contributed by atoms with E-state index in [2.05, 4.69) is 42.3 Å². The lowest BCUT2D eigenvalue weighted by molar-refractivity contribution is -0.870. The van der Waals surface area contributed by atoms with Gasteiger partial charge in [-0.3, -0.25) is 0 Å². The van der Waals surface area contributed by atoms with E-state index in [0.717, 1.165) is 22.1 Å². The SMILES string of the molecule is C[N+](C)(C)CCO.C[N+](C)(C)CCO.[I-].[I-].